The van der Waals surface area contributed by atoms with E-state index in [2.05, 4.69) is 0 Å². The average molecular weight is 264 g/mol. The highest BCUT2D eigenvalue weighted by Gasteiger charge is 2.15. The molecule has 0 aliphatic carbocycles. The summed E-state index contributed by atoms with van der Waals surface area (Å²) in [4.78, 5) is 9.86. The van der Waals surface area contributed by atoms with Gasteiger partial charge < -0.3 is 10.5 Å². The number of amidine groups is 1. The van der Waals surface area contributed by atoms with Crippen molar-refractivity contribution in [2.24, 2.45) is 5.73 Å². The molecule has 0 amide bonds. The summed E-state index contributed by atoms with van der Waals surface area (Å²) in [5.41, 5.74) is 4.85. The Balaban J connectivity index is 3.03. The quantitative estimate of drug-likeness (QED) is 0.376. The summed E-state index contributed by atoms with van der Waals surface area (Å²) in [6, 6.07) is 2.23. The maximum atomic E-state index is 10.5. The normalized spacial score (nSPS) is 9.88. The highest BCUT2D eigenvalue weighted by molar-refractivity contribution is 6.37. The number of hydrogen-bond donors (Lipinski definition) is 2. The molecule has 6 nitrogen and oxygen atoms in total. The molecule has 0 radical (unpaired) electrons. The maximum absolute atomic E-state index is 10.5. The van der Waals surface area contributed by atoms with Crippen LogP contribution in [-0.2, 0) is 0 Å². The lowest BCUT2D eigenvalue weighted by atomic mass is 10.3. The number of nitrogens with one attached hydrogen (secondary N) is 1. The Morgan fingerprint density at radius 3 is 2.38 bits per heavy atom. The molecule has 0 aliphatic rings. The van der Waals surface area contributed by atoms with Crippen molar-refractivity contribution < 1.29 is 9.66 Å². The molecule has 0 spiro atoms. The van der Waals surface area contributed by atoms with Crippen LogP contribution in [0.5, 0.6) is 5.75 Å². The second-order valence-electron chi connectivity index (χ2n) is 2.81. The monoisotopic (exact) mass is 263 g/mol. The van der Waals surface area contributed by atoms with E-state index in [9.17, 15) is 10.1 Å². The third-order valence-corrected chi connectivity index (χ3v) is 2.13. The van der Waals surface area contributed by atoms with E-state index >= 15 is 0 Å². The average Bonchev–Trinajstić information content (AvgIpc) is 2.15. The molecular formula is C8H7Cl2N3O3. The van der Waals surface area contributed by atoms with Crippen molar-refractivity contribution in [2.75, 3.05) is 6.61 Å². The summed E-state index contributed by atoms with van der Waals surface area (Å²) < 4.78 is 5.03. The van der Waals surface area contributed by atoms with Crippen LogP contribution >= 0.6 is 23.2 Å². The van der Waals surface area contributed by atoms with Gasteiger partial charge in [-0.3, -0.25) is 15.5 Å². The molecule has 0 bridgehead atoms. The Morgan fingerprint density at radius 2 is 2.00 bits per heavy atom. The van der Waals surface area contributed by atoms with Crippen molar-refractivity contribution in [1.82, 2.24) is 0 Å². The van der Waals surface area contributed by atoms with Crippen LogP contribution in [0, 0.1) is 15.5 Å². The first-order valence-electron chi connectivity index (χ1n) is 4.01. The van der Waals surface area contributed by atoms with Crippen molar-refractivity contribution in [3.8, 4) is 5.75 Å². The number of rotatable bonds is 4. The van der Waals surface area contributed by atoms with Crippen LogP contribution in [0.3, 0.4) is 0 Å². The standard InChI is InChI=1S/C8H7Cl2N3O3/c9-5-1-4(13(14)15)2-6(10)8(5)16-3-7(11)12/h1-2H,3H2,(H3,11,12). The van der Waals surface area contributed by atoms with E-state index in [0.29, 0.717) is 0 Å². The van der Waals surface area contributed by atoms with Crippen LogP contribution in [-0.4, -0.2) is 17.4 Å². The fourth-order valence-corrected chi connectivity index (χ4v) is 1.52. The van der Waals surface area contributed by atoms with Gasteiger partial charge in [-0.25, -0.2) is 0 Å². The zero-order valence-corrected chi connectivity index (χ0v) is 9.38. The van der Waals surface area contributed by atoms with Gasteiger partial charge in [-0.05, 0) is 0 Å². The summed E-state index contributed by atoms with van der Waals surface area (Å²) in [6.45, 7) is -0.183. The Kier molecular flexibility index (Phi) is 3.92. The molecule has 0 saturated carbocycles. The van der Waals surface area contributed by atoms with Crippen molar-refractivity contribution in [3.63, 3.8) is 0 Å². The zero-order chi connectivity index (χ0) is 12.3. The van der Waals surface area contributed by atoms with Gasteiger partial charge in [0.15, 0.2) is 5.75 Å². The molecule has 1 rings (SSSR count). The van der Waals surface area contributed by atoms with Gasteiger partial charge in [0, 0.05) is 12.1 Å². The van der Waals surface area contributed by atoms with Gasteiger partial charge in [0.05, 0.1) is 15.0 Å². The minimum atomic E-state index is -0.619. The van der Waals surface area contributed by atoms with Crippen LogP contribution < -0.4 is 10.5 Å². The van der Waals surface area contributed by atoms with Gasteiger partial charge in [0.2, 0.25) is 0 Å². The van der Waals surface area contributed by atoms with E-state index in [1.54, 1.807) is 0 Å². The molecule has 8 heteroatoms. The van der Waals surface area contributed by atoms with Crippen LogP contribution in [0.25, 0.3) is 0 Å². The number of hydrogen-bond acceptors (Lipinski definition) is 4. The number of nitrogens with two attached hydrogens (primary N) is 1. The van der Waals surface area contributed by atoms with Gasteiger partial charge in [0.25, 0.3) is 5.69 Å². The highest BCUT2D eigenvalue weighted by Crippen LogP contribution is 2.36. The third-order valence-electron chi connectivity index (χ3n) is 1.57. The number of ether oxygens (including phenoxy) is 1. The first kappa shape index (κ1) is 12.5. The molecule has 0 aliphatic heterocycles. The summed E-state index contributed by atoms with van der Waals surface area (Å²) in [6.07, 6.45) is 0. The van der Waals surface area contributed by atoms with E-state index in [1.807, 2.05) is 0 Å². The SMILES string of the molecule is N=C(N)COc1c(Cl)cc([N+](=O)[O-])cc1Cl. The molecule has 1 aromatic rings. The molecular weight excluding hydrogens is 257 g/mol. The number of benzene rings is 1. The zero-order valence-electron chi connectivity index (χ0n) is 7.87. The fourth-order valence-electron chi connectivity index (χ4n) is 0.940. The van der Waals surface area contributed by atoms with Crippen molar-refractivity contribution in [3.05, 3.63) is 32.3 Å². The summed E-state index contributed by atoms with van der Waals surface area (Å²) in [5.74, 6) is -0.130. The minimum absolute atomic E-state index is 0.000417. The first-order valence-corrected chi connectivity index (χ1v) is 4.76. The van der Waals surface area contributed by atoms with Gasteiger partial charge in [-0.15, -0.1) is 0 Å². The van der Waals surface area contributed by atoms with Crippen molar-refractivity contribution in [2.45, 2.75) is 0 Å². The smallest absolute Gasteiger partial charge is 0.272 e. The summed E-state index contributed by atoms with van der Waals surface area (Å²) >= 11 is 11.5. The first-order chi connectivity index (χ1) is 7.41. The predicted molar refractivity (Wildman–Crippen MR) is 60.5 cm³/mol. The van der Waals surface area contributed by atoms with Crippen LogP contribution in [0.4, 0.5) is 5.69 Å². The summed E-state index contributed by atoms with van der Waals surface area (Å²) in [7, 11) is 0. The van der Waals surface area contributed by atoms with E-state index < -0.39 is 4.92 Å². The van der Waals surface area contributed by atoms with Gasteiger partial charge in [0.1, 0.15) is 12.4 Å². The number of nitro benzene ring substituents is 1. The van der Waals surface area contributed by atoms with E-state index in [0.717, 1.165) is 12.1 Å². The lowest BCUT2D eigenvalue weighted by molar-refractivity contribution is -0.384. The highest BCUT2D eigenvalue weighted by atomic mass is 35.5. The number of non-ortho nitro benzene ring substituents is 1. The fraction of sp³-hybridized carbons (Fsp3) is 0.125. The number of nitro groups is 1. The Morgan fingerprint density at radius 1 is 1.50 bits per heavy atom. The second kappa shape index (κ2) is 5.00. The molecule has 0 aromatic heterocycles. The molecule has 0 unspecified atom stereocenters. The second-order valence-corrected chi connectivity index (χ2v) is 3.62. The van der Waals surface area contributed by atoms with Gasteiger partial charge >= 0.3 is 0 Å². The van der Waals surface area contributed by atoms with Crippen molar-refractivity contribution in [1.29, 1.82) is 5.41 Å². The Hall–Kier alpha value is -1.53. The third kappa shape index (κ3) is 2.98. The molecule has 1 aromatic carbocycles. The van der Waals surface area contributed by atoms with Crippen LogP contribution in [0.1, 0.15) is 0 Å². The molecule has 86 valence electrons. The largest absolute Gasteiger partial charge is 0.483 e. The Labute approximate surface area is 101 Å². The molecule has 0 atom stereocenters. The molecule has 0 heterocycles. The minimum Gasteiger partial charge on any atom is -0.483 e. The predicted octanol–water partition coefficient (Wildman–Crippen LogP) is 2.22. The van der Waals surface area contributed by atoms with E-state index in [-0.39, 0.29) is 33.9 Å². The van der Waals surface area contributed by atoms with E-state index in [1.165, 1.54) is 0 Å². The molecule has 3 N–H and O–H groups in total. The van der Waals surface area contributed by atoms with Crippen molar-refractivity contribution >= 4 is 34.7 Å². The molecule has 16 heavy (non-hydrogen) atoms. The maximum Gasteiger partial charge on any atom is 0.272 e. The van der Waals surface area contributed by atoms with Gasteiger partial charge in [-0.1, -0.05) is 23.2 Å². The molecule has 0 saturated heterocycles. The summed E-state index contributed by atoms with van der Waals surface area (Å²) in [5, 5.41) is 17.4. The lowest BCUT2D eigenvalue weighted by Crippen LogP contribution is -2.19. The van der Waals surface area contributed by atoms with Crippen LogP contribution in [0.2, 0.25) is 10.0 Å². The number of halogens is 2. The van der Waals surface area contributed by atoms with E-state index in [4.69, 9.17) is 39.1 Å². The number of nitrogens with zero attached hydrogens (tertiary/aromatic N) is 1. The Bertz CT molecular complexity index is 427. The lowest BCUT2D eigenvalue weighted by Gasteiger charge is -2.08. The molecule has 0 fully saturated rings. The van der Waals surface area contributed by atoms with Crippen LogP contribution in [0.15, 0.2) is 12.1 Å². The topological polar surface area (TPSA) is 102 Å². The van der Waals surface area contributed by atoms with Gasteiger partial charge in [-0.2, -0.15) is 0 Å².